The number of aliphatic hydroxyl groups excluding tert-OH is 1. The van der Waals surface area contributed by atoms with Crippen LogP contribution in [-0.2, 0) is 9.53 Å². The number of esters is 1. The summed E-state index contributed by atoms with van der Waals surface area (Å²) in [5, 5.41) is 27.6. The maximum atomic E-state index is 12.3. The molecular weight excluding hydrogens is 304 g/mol. The Bertz CT molecular complexity index is 749. The zero-order valence-corrected chi connectivity index (χ0v) is 12.5. The van der Waals surface area contributed by atoms with E-state index in [0.717, 1.165) is 0 Å². The van der Waals surface area contributed by atoms with Crippen LogP contribution in [0.3, 0.4) is 0 Å². The number of carboxylic acid groups (broad SMARTS) is 2. The van der Waals surface area contributed by atoms with E-state index in [9.17, 15) is 24.6 Å². The van der Waals surface area contributed by atoms with E-state index < -0.39 is 65.2 Å². The van der Waals surface area contributed by atoms with Crippen molar-refractivity contribution in [1.82, 2.24) is 0 Å². The lowest BCUT2D eigenvalue weighted by molar-refractivity contribution is -0.137. The largest absolute Gasteiger partial charge is 0.481 e. The summed E-state index contributed by atoms with van der Waals surface area (Å²) in [7, 11) is 0. The number of carbonyl (C=O) groups excluding carboxylic acids is 1. The molecule has 0 fully saturated rings. The fourth-order valence-corrected chi connectivity index (χ4v) is 1.86. The quantitative estimate of drug-likeness (QED) is 0.591. The van der Waals surface area contributed by atoms with Gasteiger partial charge in [-0.3, -0.25) is 4.79 Å². The first-order valence-corrected chi connectivity index (χ1v) is 6.89. The Morgan fingerprint density at radius 3 is 2.35 bits per heavy atom. The zero-order valence-electron chi connectivity index (χ0n) is 16.5. The molecule has 126 valence electrons. The highest BCUT2D eigenvalue weighted by Crippen LogP contribution is 2.16. The Balaban J connectivity index is 3.05. The molecule has 0 aliphatic carbocycles. The third-order valence-electron chi connectivity index (χ3n) is 3.18. The van der Waals surface area contributed by atoms with Crippen LogP contribution in [0.1, 0.15) is 52.4 Å². The van der Waals surface area contributed by atoms with E-state index in [0.29, 0.717) is 0 Å². The monoisotopic (exact) mass is 328 g/mol. The van der Waals surface area contributed by atoms with Crippen LogP contribution in [0.25, 0.3) is 0 Å². The molecule has 0 heterocycles. The Hall–Kier alpha value is -2.41. The molecule has 0 saturated heterocycles. The van der Waals surface area contributed by atoms with Gasteiger partial charge in [-0.15, -0.1) is 0 Å². The minimum atomic E-state index is -1.71. The van der Waals surface area contributed by atoms with Gasteiger partial charge >= 0.3 is 17.9 Å². The smallest absolute Gasteiger partial charge is 0.339 e. The maximum absolute atomic E-state index is 12.3. The first kappa shape index (κ1) is 13.1. The minimum Gasteiger partial charge on any atom is -0.481 e. The van der Waals surface area contributed by atoms with Crippen molar-refractivity contribution in [2.24, 2.45) is 5.92 Å². The number of carbonyl (C=O) groups is 3. The van der Waals surface area contributed by atoms with E-state index in [4.69, 9.17) is 15.3 Å². The molecule has 0 aliphatic heterocycles. The second-order valence-electron chi connectivity index (χ2n) is 4.94. The second kappa shape index (κ2) is 8.89. The molecule has 23 heavy (non-hydrogen) atoms. The highest BCUT2D eigenvalue weighted by atomic mass is 16.5. The molecule has 0 radical (unpaired) electrons. The van der Waals surface area contributed by atoms with Gasteiger partial charge in [-0.1, -0.05) is 12.1 Å². The maximum Gasteiger partial charge on any atom is 0.339 e. The van der Waals surface area contributed by atoms with Gasteiger partial charge in [0.05, 0.1) is 29.3 Å². The number of benzene rings is 1. The van der Waals surface area contributed by atoms with E-state index in [1.54, 1.807) is 0 Å². The lowest BCUT2D eigenvalue weighted by Crippen LogP contribution is -2.25. The second-order valence-corrected chi connectivity index (χ2v) is 4.94. The normalized spacial score (nSPS) is 15.6. The molecule has 0 aliphatic rings. The molecule has 2 unspecified atom stereocenters. The molecule has 7 heteroatoms. The molecule has 1 rings (SSSR count). The van der Waals surface area contributed by atoms with E-state index in [1.807, 2.05) is 0 Å². The van der Waals surface area contributed by atoms with Crippen molar-refractivity contribution in [1.29, 1.82) is 0 Å². The summed E-state index contributed by atoms with van der Waals surface area (Å²) in [5.41, 5.74) is -1.70. The van der Waals surface area contributed by atoms with Crippen LogP contribution < -0.4 is 0 Å². The topological polar surface area (TPSA) is 121 Å². The SMILES string of the molecule is [2H]c1c([2H])c([2H])c(C(=O)OCC(CCCC(=O)O)C(C)O)c(C(=O)O)c1[2H]. The third-order valence-corrected chi connectivity index (χ3v) is 3.18. The molecule has 1 aromatic rings. The average Bonchev–Trinajstić information content (AvgIpc) is 2.57. The van der Waals surface area contributed by atoms with E-state index in [2.05, 4.69) is 0 Å². The molecule has 0 bridgehead atoms. The summed E-state index contributed by atoms with van der Waals surface area (Å²) in [6, 6.07) is -3.27. The lowest BCUT2D eigenvalue weighted by atomic mass is 9.97. The highest BCUT2D eigenvalue weighted by Gasteiger charge is 2.21. The van der Waals surface area contributed by atoms with Gasteiger partial charge in [0.25, 0.3) is 0 Å². The molecule has 1 aromatic carbocycles. The summed E-state index contributed by atoms with van der Waals surface area (Å²) in [5.74, 6) is -4.59. The van der Waals surface area contributed by atoms with Crippen LogP contribution in [-0.4, -0.2) is 45.9 Å². The Labute approximate surface area is 139 Å². The third kappa shape index (κ3) is 6.07. The van der Waals surface area contributed by atoms with Crippen molar-refractivity contribution in [3.63, 3.8) is 0 Å². The van der Waals surface area contributed by atoms with Gasteiger partial charge in [0.2, 0.25) is 0 Å². The van der Waals surface area contributed by atoms with Crippen LogP contribution in [0.2, 0.25) is 0 Å². The van der Waals surface area contributed by atoms with Crippen molar-refractivity contribution in [2.45, 2.75) is 32.3 Å². The average molecular weight is 328 g/mol. The molecular formula is C16H20O7. The number of ether oxygens (including phenoxy) is 1. The summed E-state index contributed by atoms with van der Waals surface area (Å²) >= 11 is 0. The predicted octanol–water partition coefficient (Wildman–Crippen LogP) is 1.79. The Kier molecular flexibility index (Phi) is 5.05. The van der Waals surface area contributed by atoms with Crippen LogP contribution in [0, 0.1) is 5.92 Å². The number of rotatable bonds is 9. The van der Waals surface area contributed by atoms with E-state index >= 15 is 0 Å². The summed E-state index contributed by atoms with van der Waals surface area (Å²) in [6.45, 7) is 1.06. The summed E-state index contributed by atoms with van der Waals surface area (Å²) in [4.78, 5) is 34.2. The molecule has 2 atom stereocenters. The number of hydrogen-bond acceptors (Lipinski definition) is 5. The standard InChI is InChI=1S/C16H20O7/c1-10(17)11(5-4-8-14(18)19)9-23-16(22)13-7-3-2-6-12(13)15(20)21/h2-3,6-7,10-11,17H,4-5,8-9H2,1H3,(H,18,19)(H,20,21)/i2D,3D,6D,7D. The molecule has 0 aromatic heterocycles. The molecule has 3 N–H and O–H groups in total. The van der Waals surface area contributed by atoms with Crippen LogP contribution in [0.5, 0.6) is 0 Å². The number of aromatic carboxylic acids is 1. The van der Waals surface area contributed by atoms with Crippen molar-refractivity contribution in [3.05, 3.63) is 35.3 Å². The Morgan fingerprint density at radius 2 is 1.83 bits per heavy atom. The fraction of sp³-hybridized carbons (Fsp3) is 0.438. The van der Waals surface area contributed by atoms with Crippen LogP contribution in [0.4, 0.5) is 0 Å². The van der Waals surface area contributed by atoms with Gasteiger partial charge in [-0.05, 0) is 31.9 Å². The summed E-state index contributed by atoms with van der Waals surface area (Å²) in [6.07, 6.45) is -0.606. The number of carboxylic acids is 2. The van der Waals surface area contributed by atoms with Crippen molar-refractivity contribution >= 4 is 17.9 Å². The van der Waals surface area contributed by atoms with Gasteiger partial charge in [0.1, 0.15) is 0 Å². The van der Waals surface area contributed by atoms with Gasteiger partial charge in [-0.2, -0.15) is 0 Å². The van der Waals surface area contributed by atoms with Gasteiger partial charge in [-0.25, -0.2) is 9.59 Å². The zero-order chi connectivity index (χ0) is 20.9. The van der Waals surface area contributed by atoms with Crippen molar-refractivity contribution in [2.75, 3.05) is 6.61 Å². The molecule has 0 saturated carbocycles. The summed E-state index contributed by atoms with van der Waals surface area (Å²) < 4.78 is 35.5. The molecule has 7 nitrogen and oxygen atoms in total. The first-order valence-electron chi connectivity index (χ1n) is 8.89. The molecule has 0 spiro atoms. The van der Waals surface area contributed by atoms with Crippen LogP contribution in [0.15, 0.2) is 24.2 Å². The number of aliphatic hydroxyl groups is 1. The molecule has 0 amide bonds. The van der Waals surface area contributed by atoms with Crippen LogP contribution >= 0.6 is 0 Å². The van der Waals surface area contributed by atoms with E-state index in [-0.39, 0.29) is 25.9 Å². The first-order chi connectivity index (χ1) is 12.5. The Morgan fingerprint density at radius 1 is 1.22 bits per heavy atom. The van der Waals surface area contributed by atoms with E-state index in [1.165, 1.54) is 6.92 Å². The van der Waals surface area contributed by atoms with Crippen molar-refractivity contribution in [3.8, 4) is 0 Å². The number of aliphatic carboxylic acids is 1. The predicted molar refractivity (Wildman–Crippen MR) is 80.3 cm³/mol. The minimum absolute atomic E-state index is 0.132. The van der Waals surface area contributed by atoms with Crippen molar-refractivity contribution < 1.29 is 39.9 Å². The van der Waals surface area contributed by atoms with Gasteiger partial charge in [0.15, 0.2) is 0 Å². The fourth-order valence-electron chi connectivity index (χ4n) is 1.86. The number of hydrogen-bond donors (Lipinski definition) is 3. The van der Waals surface area contributed by atoms with Gasteiger partial charge < -0.3 is 20.1 Å². The lowest BCUT2D eigenvalue weighted by Gasteiger charge is -2.19. The highest BCUT2D eigenvalue weighted by molar-refractivity contribution is 6.02. The van der Waals surface area contributed by atoms with Gasteiger partial charge in [0, 0.05) is 12.3 Å².